The van der Waals surface area contributed by atoms with Crippen molar-refractivity contribution < 1.29 is 13.0 Å². The zero-order chi connectivity index (χ0) is 11.6. The number of hydrogen-bond donors (Lipinski definition) is 0. The van der Waals surface area contributed by atoms with Crippen LogP contribution >= 0.6 is 0 Å². The molecular weight excluding hydrogens is 224 g/mol. The van der Waals surface area contributed by atoms with Crippen molar-refractivity contribution in [1.82, 2.24) is 0 Å². The Balaban J connectivity index is 1.85. The molecule has 2 saturated carbocycles. The Hall–Kier alpha value is -0.0900. The van der Waals surface area contributed by atoms with Crippen LogP contribution in [0.3, 0.4) is 0 Å². The van der Waals surface area contributed by atoms with E-state index in [4.69, 9.17) is 0 Å². The Morgan fingerprint density at radius 3 is 1.75 bits per heavy atom. The van der Waals surface area contributed by atoms with E-state index >= 15 is 0 Å². The van der Waals surface area contributed by atoms with Crippen molar-refractivity contribution in [2.24, 2.45) is 11.8 Å². The lowest BCUT2D eigenvalue weighted by Crippen LogP contribution is -2.30. The van der Waals surface area contributed by atoms with Crippen LogP contribution in [0.5, 0.6) is 0 Å². The maximum absolute atomic E-state index is 10.9. The highest BCUT2D eigenvalue weighted by Crippen LogP contribution is 2.39. The smallest absolute Gasteiger partial charge is 0.0975 e. The first kappa shape index (κ1) is 12.4. The summed E-state index contributed by atoms with van der Waals surface area (Å²) in [6, 6.07) is 0. The van der Waals surface area contributed by atoms with Crippen LogP contribution < -0.4 is 0 Å². The summed E-state index contributed by atoms with van der Waals surface area (Å²) in [5.41, 5.74) is 0. The van der Waals surface area contributed by atoms with Crippen molar-refractivity contribution in [3.63, 3.8) is 0 Å². The normalized spacial score (nSPS) is 33.8. The third kappa shape index (κ3) is 2.98. The summed E-state index contributed by atoms with van der Waals surface area (Å²) >= 11 is 0. The standard InChI is InChI=1S/C12H22O3S/c13-16(14,15)12-8-6-11(7-9-12)10-4-2-1-3-5-10/h10-12H,1-9H2,(H,13,14,15)/p-1. The highest BCUT2D eigenvalue weighted by molar-refractivity contribution is 7.86. The van der Waals surface area contributed by atoms with Gasteiger partial charge >= 0.3 is 0 Å². The highest BCUT2D eigenvalue weighted by atomic mass is 32.2. The average molecular weight is 245 g/mol. The van der Waals surface area contributed by atoms with Gasteiger partial charge in [0.15, 0.2) is 0 Å². The maximum Gasteiger partial charge on any atom is 0.0975 e. The summed E-state index contributed by atoms with van der Waals surface area (Å²) in [5.74, 6) is 1.50. The van der Waals surface area contributed by atoms with E-state index in [1.165, 1.54) is 32.1 Å². The van der Waals surface area contributed by atoms with Crippen LogP contribution in [-0.4, -0.2) is 18.2 Å². The molecule has 2 rings (SSSR count). The lowest BCUT2D eigenvalue weighted by molar-refractivity contribution is 0.195. The summed E-state index contributed by atoms with van der Waals surface area (Å²) < 4.78 is 32.7. The molecule has 2 fully saturated rings. The lowest BCUT2D eigenvalue weighted by atomic mass is 9.73. The Bertz CT molecular complexity index is 309. The second-order valence-corrected chi connectivity index (χ2v) is 7.08. The first-order chi connectivity index (χ1) is 7.57. The predicted molar refractivity (Wildman–Crippen MR) is 62.0 cm³/mol. The van der Waals surface area contributed by atoms with Gasteiger partial charge in [0, 0.05) is 5.25 Å². The molecule has 0 radical (unpaired) electrons. The van der Waals surface area contributed by atoms with Crippen LogP contribution in [0.15, 0.2) is 0 Å². The van der Waals surface area contributed by atoms with Crippen molar-refractivity contribution in [3.05, 3.63) is 0 Å². The summed E-state index contributed by atoms with van der Waals surface area (Å²) in [6.45, 7) is 0. The van der Waals surface area contributed by atoms with Gasteiger partial charge in [-0.2, -0.15) is 0 Å². The molecule has 94 valence electrons. The molecule has 2 aliphatic carbocycles. The van der Waals surface area contributed by atoms with Crippen molar-refractivity contribution in [2.45, 2.75) is 63.0 Å². The minimum Gasteiger partial charge on any atom is -0.748 e. The Labute approximate surface area is 98.4 Å². The monoisotopic (exact) mass is 245 g/mol. The van der Waals surface area contributed by atoms with Crippen molar-refractivity contribution in [2.75, 3.05) is 0 Å². The van der Waals surface area contributed by atoms with Gasteiger partial charge in [0.2, 0.25) is 0 Å². The van der Waals surface area contributed by atoms with Gasteiger partial charge in [-0.3, -0.25) is 0 Å². The molecule has 0 aromatic carbocycles. The molecule has 3 nitrogen and oxygen atoms in total. The summed E-state index contributed by atoms with van der Waals surface area (Å²) in [6.07, 6.45) is 9.79. The topological polar surface area (TPSA) is 57.2 Å². The van der Waals surface area contributed by atoms with Crippen molar-refractivity contribution in [1.29, 1.82) is 0 Å². The molecule has 0 aromatic rings. The first-order valence-corrected chi connectivity index (χ1v) is 7.99. The minimum atomic E-state index is -4.03. The molecule has 16 heavy (non-hydrogen) atoms. The quantitative estimate of drug-likeness (QED) is 0.703. The maximum atomic E-state index is 10.9. The van der Waals surface area contributed by atoms with Crippen LogP contribution in [0, 0.1) is 11.8 Å². The van der Waals surface area contributed by atoms with Gasteiger partial charge in [0.25, 0.3) is 0 Å². The van der Waals surface area contributed by atoms with E-state index in [9.17, 15) is 13.0 Å². The molecule has 2 aliphatic rings. The molecular formula is C12H21O3S-. The highest BCUT2D eigenvalue weighted by Gasteiger charge is 2.30. The van der Waals surface area contributed by atoms with Crippen LogP contribution in [0.2, 0.25) is 0 Å². The minimum absolute atomic E-state index is 0.590. The second-order valence-electron chi connectivity index (χ2n) is 5.43. The molecule has 0 saturated heterocycles. The van der Waals surface area contributed by atoms with Gasteiger partial charge in [0.05, 0.1) is 10.1 Å². The average Bonchev–Trinajstić information content (AvgIpc) is 2.29. The van der Waals surface area contributed by atoms with E-state index in [-0.39, 0.29) is 0 Å². The van der Waals surface area contributed by atoms with Crippen LogP contribution in [0.4, 0.5) is 0 Å². The molecule has 0 aliphatic heterocycles. The SMILES string of the molecule is O=S(=O)([O-])C1CCC(C2CCCCC2)CC1. The molecule has 0 unspecified atom stereocenters. The molecule has 0 amide bonds. The molecule has 0 heterocycles. The fraction of sp³-hybridized carbons (Fsp3) is 1.00. The van der Waals surface area contributed by atoms with E-state index in [2.05, 4.69) is 0 Å². The molecule has 4 heteroatoms. The largest absolute Gasteiger partial charge is 0.748 e. The van der Waals surface area contributed by atoms with E-state index in [1.54, 1.807) is 0 Å². The Kier molecular flexibility index (Phi) is 3.90. The van der Waals surface area contributed by atoms with E-state index in [1.807, 2.05) is 0 Å². The molecule has 0 atom stereocenters. The van der Waals surface area contributed by atoms with Crippen LogP contribution in [0.25, 0.3) is 0 Å². The molecule has 0 spiro atoms. The third-order valence-electron chi connectivity index (χ3n) is 4.44. The van der Waals surface area contributed by atoms with Gasteiger partial charge in [0.1, 0.15) is 0 Å². The fourth-order valence-corrected chi connectivity index (χ4v) is 4.30. The fourth-order valence-electron chi connectivity index (χ4n) is 3.45. The van der Waals surface area contributed by atoms with Gasteiger partial charge in [-0.1, -0.05) is 32.1 Å². The first-order valence-electron chi connectivity index (χ1n) is 6.52. The van der Waals surface area contributed by atoms with E-state index in [0.717, 1.165) is 18.8 Å². The van der Waals surface area contributed by atoms with Crippen LogP contribution in [-0.2, 0) is 10.1 Å². The Morgan fingerprint density at radius 2 is 1.25 bits per heavy atom. The van der Waals surface area contributed by atoms with Gasteiger partial charge in [-0.05, 0) is 37.5 Å². The zero-order valence-corrected chi connectivity index (χ0v) is 10.5. The number of rotatable bonds is 2. The molecule has 0 bridgehead atoms. The van der Waals surface area contributed by atoms with Crippen molar-refractivity contribution >= 4 is 10.1 Å². The third-order valence-corrected chi connectivity index (χ3v) is 5.73. The van der Waals surface area contributed by atoms with Gasteiger partial charge in [-0.25, -0.2) is 8.42 Å². The number of hydrogen-bond acceptors (Lipinski definition) is 3. The molecule has 0 aromatic heterocycles. The Morgan fingerprint density at radius 1 is 0.750 bits per heavy atom. The van der Waals surface area contributed by atoms with E-state index in [0.29, 0.717) is 18.8 Å². The van der Waals surface area contributed by atoms with Crippen LogP contribution in [0.1, 0.15) is 57.8 Å². The van der Waals surface area contributed by atoms with E-state index < -0.39 is 15.4 Å². The summed E-state index contributed by atoms with van der Waals surface area (Å²) in [7, 11) is -4.03. The second kappa shape index (κ2) is 5.05. The van der Waals surface area contributed by atoms with Crippen molar-refractivity contribution in [3.8, 4) is 0 Å². The lowest BCUT2D eigenvalue weighted by Gasteiger charge is -2.36. The summed E-state index contributed by atoms with van der Waals surface area (Å²) in [5, 5.41) is -0.590. The molecule has 0 N–H and O–H groups in total. The zero-order valence-electron chi connectivity index (χ0n) is 9.73. The predicted octanol–water partition coefficient (Wildman–Crippen LogP) is 2.67. The summed E-state index contributed by atoms with van der Waals surface area (Å²) in [4.78, 5) is 0. The van der Waals surface area contributed by atoms with Gasteiger partial charge in [-0.15, -0.1) is 0 Å². The van der Waals surface area contributed by atoms with Gasteiger partial charge < -0.3 is 4.55 Å².